The summed E-state index contributed by atoms with van der Waals surface area (Å²) in [4.78, 5) is 12.7. The summed E-state index contributed by atoms with van der Waals surface area (Å²) < 4.78 is 1.21. The molecule has 10 aromatic rings. The zero-order valence-electron chi connectivity index (χ0n) is 27.6. The summed E-state index contributed by atoms with van der Waals surface area (Å²) in [7, 11) is 0. The van der Waals surface area contributed by atoms with Gasteiger partial charge in [-0.05, 0) is 101 Å². The van der Waals surface area contributed by atoms with Crippen LogP contribution < -0.4 is 4.90 Å². The summed E-state index contributed by atoms with van der Waals surface area (Å²) in [6, 6.07) is 51.1. The first-order valence-corrected chi connectivity index (χ1v) is 17.7. The van der Waals surface area contributed by atoms with Gasteiger partial charge in [0.05, 0.1) is 29.1 Å². The van der Waals surface area contributed by atoms with Crippen LogP contribution in [0.3, 0.4) is 0 Å². The number of aromatic nitrogens is 6. The van der Waals surface area contributed by atoms with Gasteiger partial charge in [-0.1, -0.05) is 66.7 Å². The highest BCUT2D eigenvalue weighted by molar-refractivity contribution is 7.25. The molecule has 6 aromatic carbocycles. The number of thiophene rings is 1. The first kappa shape index (κ1) is 30.0. The molecule has 4 aromatic heterocycles. The topological polar surface area (TPSA) is 80.6 Å². The van der Waals surface area contributed by atoms with Crippen molar-refractivity contribution in [2.75, 3.05) is 4.90 Å². The van der Waals surface area contributed by atoms with Gasteiger partial charge < -0.3 is 4.90 Å². The number of hydrogen-bond donors (Lipinski definition) is 0. The second kappa shape index (κ2) is 12.5. The summed E-state index contributed by atoms with van der Waals surface area (Å²) in [6.45, 7) is 0. The van der Waals surface area contributed by atoms with E-state index in [4.69, 9.17) is 4.98 Å². The van der Waals surface area contributed by atoms with Gasteiger partial charge in [0.2, 0.25) is 0 Å². The molecule has 0 spiro atoms. The van der Waals surface area contributed by atoms with Crippen molar-refractivity contribution in [2.45, 2.75) is 0 Å². The molecule has 7 nitrogen and oxygen atoms in total. The number of rotatable bonds is 6. The quantitative estimate of drug-likeness (QED) is 0.172. The molecule has 0 unspecified atom stereocenters. The second-order valence-corrected chi connectivity index (χ2v) is 13.6. The van der Waals surface area contributed by atoms with Crippen LogP contribution in [-0.2, 0) is 0 Å². The van der Waals surface area contributed by atoms with E-state index >= 15 is 0 Å². The van der Waals surface area contributed by atoms with E-state index < -0.39 is 0 Å². The van der Waals surface area contributed by atoms with Crippen molar-refractivity contribution >= 4 is 70.5 Å². The van der Waals surface area contributed by atoms with Gasteiger partial charge in [-0.15, -0.1) is 11.3 Å². The number of nitrogens with zero attached hydrogens (tertiary/aromatic N) is 7. The minimum atomic E-state index is 0.883. The van der Waals surface area contributed by atoms with Crippen molar-refractivity contribution < 1.29 is 0 Å². The van der Waals surface area contributed by atoms with Crippen LogP contribution in [0.5, 0.6) is 0 Å². The largest absolute Gasteiger partial charge is 0.311 e. The summed E-state index contributed by atoms with van der Waals surface area (Å²) in [5.74, 6) is 0. The minimum absolute atomic E-state index is 0.883. The first-order chi connectivity index (χ1) is 25.7. The van der Waals surface area contributed by atoms with Gasteiger partial charge in [0.15, 0.2) is 0 Å². The van der Waals surface area contributed by atoms with Crippen molar-refractivity contribution in [3.63, 3.8) is 0 Å². The molecule has 0 bridgehead atoms. The Bertz CT molecular complexity index is 2780. The highest BCUT2D eigenvalue weighted by Gasteiger charge is 2.17. The number of benzene rings is 6. The van der Waals surface area contributed by atoms with Gasteiger partial charge >= 0.3 is 0 Å². The van der Waals surface area contributed by atoms with Crippen molar-refractivity contribution in [2.24, 2.45) is 0 Å². The van der Waals surface area contributed by atoms with Crippen LogP contribution in [0, 0.1) is 0 Å². The van der Waals surface area contributed by atoms with E-state index in [9.17, 15) is 0 Å². The van der Waals surface area contributed by atoms with Crippen molar-refractivity contribution in [1.29, 1.82) is 0 Å². The maximum atomic E-state index is 4.77. The predicted octanol–water partition coefficient (Wildman–Crippen LogP) is 11.2. The van der Waals surface area contributed by atoms with E-state index in [-0.39, 0.29) is 0 Å². The van der Waals surface area contributed by atoms with Gasteiger partial charge in [-0.25, -0.2) is 9.97 Å². The molecule has 52 heavy (non-hydrogen) atoms. The Morgan fingerprint density at radius 3 is 1.56 bits per heavy atom. The fraction of sp³-hybridized carbons (Fsp3) is 0. The van der Waals surface area contributed by atoms with Gasteiger partial charge in [-0.2, -0.15) is 20.4 Å². The Morgan fingerprint density at radius 1 is 0.462 bits per heavy atom. The molecular formula is C44H27N7S. The van der Waals surface area contributed by atoms with Gasteiger partial charge in [0.25, 0.3) is 0 Å². The number of anilines is 3. The van der Waals surface area contributed by atoms with Crippen LogP contribution in [0.2, 0.25) is 0 Å². The molecule has 0 radical (unpaired) electrons. The Morgan fingerprint density at radius 2 is 0.981 bits per heavy atom. The number of hydrogen-bond acceptors (Lipinski definition) is 8. The maximum absolute atomic E-state index is 4.77. The Kier molecular flexibility index (Phi) is 7.18. The normalized spacial score (nSPS) is 11.5. The van der Waals surface area contributed by atoms with Crippen LogP contribution in [0.4, 0.5) is 17.1 Å². The predicted molar refractivity (Wildman–Crippen MR) is 212 cm³/mol. The van der Waals surface area contributed by atoms with E-state index in [1.165, 1.54) is 10.1 Å². The van der Waals surface area contributed by atoms with Gasteiger partial charge in [0.1, 0.15) is 11.2 Å². The average molecular weight is 686 g/mol. The van der Waals surface area contributed by atoms with Crippen molar-refractivity contribution in [3.8, 4) is 33.5 Å². The van der Waals surface area contributed by atoms with Crippen LogP contribution in [-0.4, -0.2) is 30.4 Å². The molecule has 0 atom stereocenters. The summed E-state index contributed by atoms with van der Waals surface area (Å²) in [6.07, 6.45) is 5.13. The van der Waals surface area contributed by atoms with Crippen LogP contribution in [0.25, 0.3) is 75.6 Å². The zero-order chi connectivity index (χ0) is 34.4. The van der Waals surface area contributed by atoms with E-state index in [2.05, 4.69) is 152 Å². The molecular weight excluding hydrogens is 659 g/mol. The van der Waals surface area contributed by atoms with Crippen LogP contribution >= 0.6 is 11.3 Å². The molecule has 0 aliphatic rings. The third kappa shape index (κ3) is 5.30. The molecule has 8 heteroatoms. The van der Waals surface area contributed by atoms with Crippen LogP contribution in [0.15, 0.2) is 164 Å². The highest BCUT2D eigenvalue weighted by Crippen LogP contribution is 2.40. The molecule has 4 heterocycles. The average Bonchev–Trinajstić information content (AvgIpc) is 3.61. The minimum Gasteiger partial charge on any atom is -0.311 e. The molecule has 244 valence electrons. The Labute approximate surface area is 302 Å². The molecule has 0 saturated carbocycles. The maximum Gasteiger partial charge on any atom is 0.128 e. The standard InChI is InChI=1S/C44H27N7S/c1-2-4-41-38(3-1)42-43(45-27-46-44(42)52-41)30-9-17-37(18-10-30)51(35-13-5-28(6-14-35)31-11-19-39-33(25-31)21-23-47-49-39)36-15-7-29(8-16-36)32-12-20-40-34(26-32)22-24-48-50-40/h1-27H. The molecule has 10 rings (SSSR count). The lowest BCUT2D eigenvalue weighted by Crippen LogP contribution is -2.09. The SMILES string of the molecule is c1ccc2c(c1)sc1ncnc(-c3ccc(N(c4ccc(-c5ccc6nnccc6c5)cc4)c4ccc(-c5ccc6nnccc6c5)cc4)cc3)c12. The lowest BCUT2D eigenvalue weighted by atomic mass is 10.0. The summed E-state index contributed by atoms with van der Waals surface area (Å²) in [5.41, 5.74) is 11.4. The molecule has 0 amide bonds. The summed E-state index contributed by atoms with van der Waals surface area (Å²) >= 11 is 1.70. The lowest BCUT2D eigenvalue weighted by Gasteiger charge is -2.26. The Hall–Kier alpha value is -6.90. The highest BCUT2D eigenvalue weighted by atomic mass is 32.1. The monoisotopic (exact) mass is 685 g/mol. The molecule has 0 saturated heterocycles. The van der Waals surface area contributed by atoms with E-state index in [0.29, 0.717) is 0 Å². The third-order valence-electron chi connectivity index (χ3n) is 9.52. The molecule has 0 aliphatic carbocycles. The fourth-order valence-corrected chi connectivity index (χ4v) is 7.98. The second-order valence-electron chi connectivity index (χ2n) is 12.6. The first-order valence-electron chi connectivity index (χ1n) is 16.9. The fourth-order valence-electron chi connectivity index (χ4n) is 6.93. The van der Waals surface area contributed by atoms with Gasteiger partial charge in [-0.3, -0.25) is 0 Å². The van der Waals surface area contributed by atoms with Crippen molar-refractivity contribution in [1.82, 2.24) is 30.4 Å². The lowest BCUT2D eigenvalue weighted by molar-refractivity contribution is 1.08. The molecule has 0 aliphatic heterocycles. The van der Waals surface area contributed by atoms with E-state index in [1.807, 2.05) is 24.3 Å². The zero-order valence-corrected chi connectivity index (χ0v) is 28.4. The van der Waals surface area contributed by atoms with E-state index in [1.54, 1.807) is 30.1 Å². The Balaban J connectivity index is 1.04. The smallest absolute Gasteiger partial charge is 0.128 e. The molecule has 0 fully saturated rings. The van der Waals surface area contributed by atoms with E-state index in [0.717, 1.165) is 82.6 Å². The van der Waals surface area contributed by atoms with Crippen molar-refractivity contribution in [3.05, 3.63) is 164 Å². The summed E-state index contributed by atoms with van der Waals surface area (Å²) in [5, 5.41) is 20.9. The van der Waals surface area contributed by atoms with Crippen LogP contribution in [0.1, 0.15) is 0 Å². The van der Waals surface area contributed by atoms with Gasteiger partial charge in [0, 0.05) is 48.9 Å². The molecule has 0 N–H and O–H groups in total. The third-order valence-corrected chi connectivity index (χ3v) is 10.6. The number of fused-ring (bicyclic) bond motifs is 5.